The third-order valence-corrected chi connectivity index (χ3v) is 5.64. The van der Waals surface area contributed by atoms with Gasteiger partial charge in [-0.15, -0.1) is 0 Å². The SMILES string of the molecule is [2H]CCCCCCCCCCCCCC(=O)N[C@@H](Cc1c[nH]c2ccccc12)C(=O)O. The molecule has 2 rings (SSSR count). The molecular formula is C25H38N2O3. The van der Waals surface area contributed by atoms with Crippen molar-refractivity contribution < 1.29 is 16.1 Å². The molecule has 166 valence electrons. The second-order valence-corrected chi connectivity index (χ2v) is 8.16. The van der Waals surface area contributed by atoms with Gasteiger partial charge in [-0.1, -0.05) is 89.3 Å². The molecule has 3 N–H and O–H groups in total. The zero-order valence-corrected chi connectivity index (χ0v) is 18.1. The number of unbranched alkanes of at least 4 members (excludes halogenated alkanes) is 10. The lowest BCUT2D eigenvalue weighted by molar-refractivity contribution is -0.141. The van der Waals surface area contributed by atoms with E-state index in [9.17, 15) is 14.7 Å². The standard InChI is InChI=1S/C25H38N2O3/c1-2-3-4-5-6-7-8-9-10-11-12-17-24(28)27-23(25(29)30)18-20-19-26-22-16-14-13-15-21(20)22/h13-16,19,23,26H,2-12,17-18H2,1H3,(H,27,28)(H,29,30)/t23-/m0/s1/i1D. The van der Waals surface area contributed by atoms with Crippen molar-refractivity contribution in [1.82, 2.24) is 10.3 Å². The van der Waals surface area contributed by atoms with Crippen LogP contribution in [0.3, 0.4) is 0 Å². The fourth-order valence-electron chi connectivity index (χ4n) is 3.86. The van der Waals surface area contributed by atoms with E-state index in [0.29, 0.717) is 13.3 Å². The van der Waals surface area contributed by atoms with E-state index >= 15 is 0 Å². The van der Waals surface area contributed by atoms with Crippen molar-refractivity contribution >= 4 is 22.8 Å². The van der Waals surface area contributed by atoms with Crippen LogP contribution in [0.5, 0.6) is 0 Å². The van der Waals surface area contributed by atoms with Crippen LogP contribution in [0.1, 0.15) is 90.9 Å². The number of benzene rings is 1. The normalized spacial score (nSPS) is 12.6. The van der Waals surface area contributed by atoms with E-state index < -0.39 is 12.0 Å². The van der Waals surface area contributed by atoms with Crippen molar-refractivity contribution in [1.29, 1.82) is 0 Å². The Labute approximate surface area is 182 Å². The van der Waals surface area contributed by atoms with E-state index in [1.165, 1.54) is 44.9 Å². The highest BCUT2D eigenvalue weighted by Gasteiger charge is 2.21. The van der Waals surface area contributed by atoms with Crippen LogP contribution in [0, 0.1) is 0 Å². The minimum Gasteiger partial charge on any atom is -0.480 e. The van der Waals surface area contributed by atoms with Gasteiger partial charge in [0, 0.05) is 31.3 Å². The van der Waals surface area contributed by atoms with Crippen LogP contribution in [0.25, 0.3) is 10.9 Å². The first-order valence-corrected chi connectivity index (χ1v) is 11.5. The van der Waals surface area contributed by atoms with Gasteiger partial charge >= 0.3 is 5.97 Å². The van der Waals surface area contributed by atoms with Gasteiger partial charge in [-0.05, 0) is 18.1 Å². The molecule has 0 saturated carbocycles. The number of nitrogens with one attached hydrogen (secondary N) is 2. The van der Waals surface area contributed by atoms with Gasteiger partial charge in [0.1, 0.15) is 6.04 Å². The Morgan fingerprint density at radius 1 is 1.00 bits per heavy atom. The number of carbonyl (C=O) groups excluding carboxylic acids is 1. The lowest BCUT2D eigenvalue weighted by atomic mass is 10.0. The number of carboxylic acid groups (broad SMARTS) is 1. The van der Waals surface area contributed by atoms with E-state index in [1.807, 2.05) is 30.5 Å². The number of carboxylic acids is 1. The molecule has 0 aliphatic carbocycles. The van der Waals surface area contributed by atoms with Crippen LogP contribution in [-0.4, -0.2) is 28.0 Å². The number of H-pyrrole nitrogens is 1. The van der Waals surface area contributed by atoms with Crippen molar-refractivity contribution in [3.05, 3.63) is 36.0 Å². The summed E-state index contributed by atoms with van der Waals surface area (Å²) in [5.41, 5.74) is 1.87. The molecule has 1 aromatic heterocycles. The predicted octanol–water partition coefficient (Wildman–Crippen LogP) is 5.98. The zero-order valence-electron chi connectivity index (χ0n) is 19.1. The zero-order chi connectivity index (χ0) is 22.3. The molecule has 0 radical (unpaired) electrons. The van der Waals surface area contributed by atoms with E-state index in [4.69, 9.17) is 1.37 Å². The van der Waals surface area contributed by atoms with Crippen molar-refractivity contribution in [2.75, 3.05) is 0 Å². The van der Waals surface area contributed by atoms with Crippen LogP contribution < -0.4 is 5.32 Å². The first kappa shape index (κ1) is 22.4. The summed E-state index contributed by atoms with van der Waals surface area (Å²) in [5, 5.41) is 13.2. The number of para-hydroxylation sites is 1. The molecule has 30 heavy (non-hydrogen) atoms. The van der Waals surface area contributed by atoms with Crippen molar-refractivity contribution in [3.63, 3.8) is 0 Å². The summed E-state index contributed by atoms with van der Waals surface area (Å²) in [6.07, 6.45) is 15.2. The summed E-state index contributed by atoms with van der Waals surface area (Å²) < 4.78 is 7.12. The average Bonchev–Trinajstić information content (AvgIpc) is 3.17. The molecule has 0 aliphatic rings. The average molecular weight is 416 g/mol. The number of carbonyl (C=O) groups is 2. The summed E-state index contributed by atoms with van der Waals surface area (Å²) in [5.74, 6) is -1.18. The molecule has 2 aromatic rings. The second-order valence-electron chi connectivity index (χ2n) is 8.16. The van der Waals surface area contributed by atoms with Gasteiger partial charge in [0.05, 0.1) is 0 Å². The van der Waals surface area contributed by atoms with Crippen LogP contribution in [0.4, 0.5) is 0 Å². The number of amides is 1. The molecule has 0 unspecified atom stereocenters. The van der Waals surface area contributed by atoms with Gasteiger partial charge < -0.3 is 15.4 Å². The van der Waals surface area contributed by atoms with Crippen LogP contribution in [0.2, 0.25) is 0 Å². The molecule has 0 fully saturated rings. The highest BCUT2D eigenvalue weighted by molar-refractivity contribution is 5.86. The first-order valence-electron chi connectivity index (χ1n) is 12.2. The predicted molar refractivity (Wildman–Crippen MR) is 123 cm³/mol. The van der Waals surface area contributed by atoms with Gasteiger partial charge in [-0.2, -0.15) is 0 Å². The molecule has 0 aliphatic heterocycles. The number of fused-ring (bicyclic) bond motifs is 1. The Morgan fingerprint density at radius 3 is 2.30 bits per heavy atom. The molecule has 0 saturated heterocycles. The molecule has 1 aromatic carbocycles. The Hall–Kier alpha value is -2.30. The number of hydrogen-bond donors (Lipinski definition) is 3. The Bertz CT molecular complexity index is 790. The molecule has 5 heteroatoms. The maximum atomic E-state index is 12.2. The fraction of sp³-hybridized carbons (Fsp3) is 0.600. The van der Waals surface area contributed by atoms with E-state index in [-0.39, 0.29) is 12.3 Å². The summed E-state index contributed by atoms with van der Waals surface area (Å²) in [4.78, 5) is 27.0. The molecule has 1 heterocycles. The van der Waals surface area contributed by atoms with Crippen molar-refractivity contribution in [2.45, 2.75) is 96.4 Å². The van der Waals surface area contributed by atoms with Gasteiger partial charge in [0.15, 0.2) is 0 Å². The Kier molecular flexibility index (Phi) is 10.3. The van der Waals surface area contributed by atoms with Gasteiger partial charge in [0.25, 0.3) is 0 Å². The Balaban J connectivity index is 1.57. The highest BCUT2D eigenvalue weighted by atomic mass is 16.4. The van der Waals surface area contributed by atoms with Gasteiger partial charge in [0.2, 0.25) is 5.91 Å². The third kappa shape index (κ3) is 8.60. The van der Waals surface area contributed by atoms with Crippen LogP contribution >= 0.6 is 0 Å². The molecule has 1 amide bonds. The Morgan fingerprint density at radius 2 is 1.63 bits per heavy atom. The van der Waals surface area contributed by atoms with E-state index in [2.05, 4.69) is 10.3 Å². The number of rotatable bonds is 16. The topological polar surface area (TPSA) is 82.2 Å². The highest BCUT2D eigenvalue weighted by Crippen LogP contribution is 2.19. The number of aromatic amines is 1. The maximum absolute atomic E-state index is 12.2. The summed E-state index contributed by atoms with van der Waals surface area (Å²) in [7, 11) is 0. The molecule has 0 bridgehead atoms. The van der Waals surface area contributed by atoms with Crippen molar-refractivity contribution in [3.8, 4) is 0 Å². The minimum absolute atomic E-state index is 0.181. The molecular weight excluding hydrogens is 376 g/mol. The second kappa shape index (κ2) is 13.8. The number of aliphatic carboxylic acids is 1. The smallest absolute Gasteiger partial charge is 0.326 e. The summed E-state index contributed by atoms with van der Waals surface area (Å²) in [6.45, 7) is 0.555. The summed E-state index contributed by atoms with van der Waals surface area (Å²) in [6, 6.07) is 6.86. The largest absolute Gasteiger partial charge is 0.480 e. The van der Waals surface area contributed by atoms with Gasteiger partial charge in [-0.25, -0.2) is 4.79 Å². The minimum atomic E-state index is -1.00. The van der Waals surface area contributed by atoms with Crippen molar-refractivity contribution in [2.24, 2.45) is 0 Å². The van der Waals surface area contributed by atoms with E-state index in [1.54, 1.807) is 0 Å². The monoisotopic (exact) mass is 415 g/mol. The maximum Gasteiger partial charge on any atom is 0.326 e. The molecule has 5 nitrogen and oxygen atoms in total. The van der Waals surface area contributed by atoms with Gasteiger partial charge in [-0.3, -0.25) is 4.79 Å². The molecule has 0 spiro atoms. The fourth-order valence-corrected chi connectivity index (χ4v) is 3.86. The quantitative estimate of drug-likeness (QED) is 0.295. The number of hydrogen-bond acceptors (Lipinski definition) is 2. The lowest BCUT2D eigenvalue weighted by Crippen LogP contribution is -2.42. The van der Waals surface area contributed by atoms with Crippen LogP contribution in [0.15, 0.2) is 30.5 Å². The molecule has 1 atom stereocenters. The third-order valence-electron chi connectivity index (χ3n) is 5.64. The lowest BCUT2D eigenvalue weighted by Gasteiger charge is -2.14. The van der Waals surface area contributed by atoms with E-state index in [0.717, 1.165) is 42.1 Å². The number of aromatic nitrogens is 1. The first-order chi connectivity index (χ1) is 15.1. The van der Waals surface area contributed by atoms with Crippen LogP contribution in [-0.2, 0) is 16.0 Å². The summed E-state index contributed by atoms with van der Waals surface area (Å²) >= 11 is 0.